The van der Waals surface area contributed by atoms with Crippen LogP contribution in [0.4, 0.5) is 0 Å². The van der Waals surface area contributed by atoms with Crippen molar-refractivity contribution in [3.05, 3.63) is 46.2 Å². The van der Waals surface area contributed by atoms with Gasteiger partial charge in [-0.25, -0.2) is 0 Å². The van der Waals surface area contributed by atoms with Gasteiger partial charge in [0.2, 0.25) is 5.91 Å². The van der Waals surface area contributed by atoms with Gasteiger partial charge in [0.05, 0.1) is 20.6 Å². The van der Waals surface area contributed by atoms with Crippen molar-refractivity contribution in [2.75, 3.05) is 20.8 Å². The third kappa shape index (κ3) is 4.74. The van der Waals surface area contributed by atoms with Crippen molar-refractivity contribution in [2.45, 2.75) is 26.2 Å². The maximum Gasteiger partial charge on any atom is 0.225 e. The molecule has 2 rings (SSSR count). The predicted octanol–water partition coefficient (Wildman–Crippen LogP) is 3.86. The molecule has 0 aliphatic carbocycles. The Kier molecular flexibility index (Phi) is 6.67. The van der Waals surface area contributed by atoms with Gasteiger partial charge < -0.3 is 14.8 Å². The van der Waals surface area contributed by atoms with Gasteiger partial charge in [-0.05, 0) is 35.1 Å². The van der Waals surface area contributed by atoms with E-state index in [-0.39, 0.29) is 11.8 Å². The number of thiophene rings is 1. The normalized spacial score (nSPS) is 12.0. The minimum atomic E-state index is 0.0589. The van der Waals surface area contributed by atoms with Gasteiger partial charge in [-0.3, -0.25) is 4.79 Å². The second-order valence-electron chi connectivity index (χ2n) is 6.03. The molecular formula is C19H25NO3S. The lowest BCUT2D eigenvalue weighted by Crippen LogP contribution is -2.31. The molecule has 0 aliphatic rings. The number of carbonyl (C=O) groups is 1. The average Bonchev–Trinajstić information content (AvgIpc) is 3.07. The summed E-state index contributed by atoms with van der Waals surface area (Å²) in [4.78, 5) is 13.2. The molecule has 1 N–H and O–H groups in total. The summed E-state index contributed by atoms with van der Waals surface area (Å²) >= 11 is 1.61. The van der Waals surface area contributed by atoms with E-state index < -0.39 is 0 Å². The molecule has 1 amide bonds. The van der Waals surface area contributed by atoms with E-state index in [9.17, 15) is 4.79 Å². The Hall–Kier alpha value is -2.01. The van der Waals surface area contributed by atoms with Gasteiger partial charge in [-0.2, -0.15) is 0 Å². The van der Waals surface area contributed by atoms with Crippen molar-refractivity contribution in [3.8, 4) is 11.5 Å². The minimum Gasteiger partial charge on any atom is -0.493 e. The van der Waals surface area contributed by atoms with E-state index >= 15 is 0 Å². The molecule has 1 atom stereocenters. The first-order chi connectivity index (χ1) is 11.5. The highest BCUT2D eigenvalue weighted by Crippen LogP contribution is 2.33. The molecule has 2 aromatic rings. The molecule has 1 aromatic heterocycles. The molecule has 0 fully saturated rings. The molecule has 1 aromatic carbocycles. The van der Waals surface area contributed by atoms with E-state index in [2.05, 4.69) is 19.2 Å². The van der Waals surface area contributed by atoms with Crippen LogP contribution in [0.15, 0.2) is 35.7 Å². The lowest BCUT2D eigenvalue weighted by atomic mass is 9.88. The van der Waals surface area contributed by atoms with Gasteiger partial charge in [0.1, 0.15) is 0 Å². The topological polar surface area (TPSA) is 47.6 Å². The number of carbonyl (C=O) groups excluding carboxylic acids is 1. The number of benzene rings is 1. The van der Waals surface area contributed by atoms with Gasteiger partial charge in [0.15, 0.2) is 11.5 Å². The number of hydrogen-bond donors (Lipinski definition) is 1. The molecule has 24 heavy (non-hydrogen) atoms. The molecule has 130 valence electrons. The van der Waals surface area contributed by atoms with Crippen molar-refractivity contribution in [1.82, 2.24) is 5.32 Å². The molecule has 0 spiro atoms. The second-order valence-corrected chi connectivity index (χ2v) is 7.06. The van der Waals surface area contributed by atoms with Gasteiger partial charge in [-0.15, -0.1) is 11.3 Å². The molecule has 0 aliphatic heterocycles. The fourth-order valence-electron chi connectivity index (χ4n) is 2.68. The zero-order chi connectivity index (χ0) is 17.5. The fourth-order valence-corrected chi connectivity index (χ4v) is 3.38. The SMILES string of the molecule is COc1ccc(C(CNC(=O)Cc2cccs2)C(C)C)cc1OC. The molecule has 4 nitrogen and oxygen atoms in total. The molecule has 1 unspecified atom stereocenters. The Balaban J connectivity index is 2.05. The Morgan fingerprint density at radius 3 is 2.50 bits per heavy atom. The Labute approximate surface area is 147 Å². The smallest absolute Gasteiger partial charge is 0.225 e. The van der Waals surface area contributed by atoms with Crippen molar-refractivity contribution in [2.24, 2.45) is 5.92 Å². The van der Waals surface area contributed by atoms with E-state index in [1.165, 1.54) is 0 Å². The standard InChI is InChI=1S/C19H25NO3S/c1-13(2)16(12-20-19(21)11-15-6-5-9-24-15)14-7-8-17(22-3)18(10-14)23-4/h5-10,13,16H,11-12H2,1-4H3,(H,20,21). The lowest BCUT2D eigenvalue weighted by molar-refractivity contribution is -0.120. The largest absolute Gasteiger partial charge is 0.493 e. The lowest BCUT2D eigenvalue weighted by Gasteiger charge is -2.23. The Morgan fingerprint density at radius 2 is 1.92 bits per heavy atom. The van der Waals surface area contributed by atoms with E-state index in [4.69, 9.17) is 9.47 Å². The average molecular weight is 347 g/mol. The van der Waals surface area contributed by atoms with Crippen LogP contribution in [0.25, 0.3) is 0 Å². The molecular weight excluding hydrogens is 322 g/mol. The van der Waals surface area contributed by atoms with Crippen LogP contribution >= 0.6 is 11.3 Å². The first-order valence-corrected chi connectivity index (χ1v) is 8.94. The van der Waals surface area contributed by atoms with Gasteiger partial charge in [-0.1, -0.05) is 26.0 Å². The van der Waals surface area contributed by atoms with E-state index in [0.29, 0.717) is 30.4 Å². The van der Waals surface area contributed by atoms with Crippen LogP contribution in [0.5, 0.6) is 11.5 Å². The van der Waals surface area contributed by atoms with Gasteiger partial charge >= 0.3 is 0 Å². The number of amides is 1. The molecule has 5 heteroatoms. The number of hydrogen-bond acceptors (Lipinski definition) is 4. The fraction of sp³-hybridized carbons (Fsp3) is 0.421. The summed E-state index contributed by atoms with van der Waals surface area (Å²) in [5.74, 6) is 2.10. The van der Waals surface area contributed by atoms with Gasteiger partial charge in [0, 0.05) is 17.3 Å². The maximum atomic E-state index is 12.1. The molecule has 0 bridgehead atoms. The van der Waals surface area contributed by atoms with Crippen molar-refractivity contribution in [1.29, 1.82) is 0 Å². The van der Waals surface area contributed by atoms with Crippen LogP contribution in [-0.4, -0.2) is 26.7 Å². The van der Waals surface area contributed by atoms with Crippen molar-refractivity contribution < 1.29 is 14.3 Å². The summed E-state index contributed by atoms with van der Waals surface area (Å²) < 4.78 is 10.7. The number of nitrogens with one attached hydrogen (secondary N) is 1. The first kappa shape index (κ1) is 18.3. The summed E-state index contributed by atoms with van der Waals surface area (Å²) in [5, 5.41) is 5.05. The Bertz CT molecular complexity index is 653. The van der Waals surface area contributed by atoms with E-state index in [1.807, 2.05) is 35.7 Å². The minimum absolute atomic E-state index is 0.0589. The zero-order valence-electron chi connectivity index (χ0n) is 14.7. The maximum absolute atomic E-state index is 12.1. The third-order valence-corrected chi connectivity index (χ3v) is 4.95. The van der Waals surface area contributed by atoms with E-state index in [1.54, 1.807) is 25.6 Å². The summed E-state index contributed by atoms with van der Waals surface area (Å²) in [5.41, 5.74) is 1.14. The molecule has 0 radical (unpaired) electrons. The highest BCUT2D eigenvalue weighted by atomic mass is 32.1. The predicted molar refractivity (Wildman–Crippen MR) is 98.2 cm³/mol. The van der Waals surface area contributed by atoms with Crippen molar-refractivity contribution >= 4 is 17.2 Å². The van der Waals surface area contributed by atoms with Crippen LogP contribution in [0.2, 0.25) is 0 Å². The summed E-state index contributed by atoms with van der Waals surface area (Å²) in [6, 6.07) is 9.90. The second kappa shape index (κ2) is 8.73. The molecule has 1 heterocycles. The highest BCUT2D eigenvalue weighted by Gasteiger charge is 2.19. The Morgan fingerprint density at radius 1 is 1.17 bits per heavy atom. The van der Waals surface area contributed by atoms with E-state index in [0.717, 1.165) is 10.4 Å². The van der Waals surface area contributed by atoms with Crippen molar-refractivity contribution in [3.63, 3.8) is 0 Å². The van der Waals surface area contributed by atoms with Gasteiger partial charge in [0.25, 0.3) is 0 Å². The number of ether oxygens (including phenoxy) is 2. The summed E-state index contributed by atoms with van der Waals surface area (Å²) in [7, 11) is 3.26. The molecule has 0 saturated heterocycles. The zero-order valence-corrected chi connectivity index (χ0v) is 15.5. The molecule has 0 saturated carbocycles. The monoisotopic (exact) mass is 347 g/mol. The van der Waals surface area contributed by atoms with Crippen LogP contribution < -0.4 is 14.8 Å². The first-order valence-electron chi connectivity index (χ1n) is 8.06. The van der Waals surface area contributed by atoms with Crippen LogP contribution in [0.1, 0.15) is 30.2 Å². The van der Waals surface area contributed by atoms with Crippen LogP contribution in [0.3, 0.4) is 0 Å². The summed E-state index contributed by atoms with van der Waals surface area (Å²) in [6.07, 6.45) is 0.439. The number of rotatable bonds is 8. The van der Waals surface area contributed by atoms with Crippen LogP contribution in [0, 0.1) is 5.92 Å². The quantitative estimate of drug-likeness (QED) is 0.789. The third-order valence-electron chi connectivity index (χ3n) is 4.07. The highest BCUT2D eigenvalue weighted by molar-refractivity contribution is 7.10. The summed E-state index contributed by atoms with van der Waals surface area (Å²) in [6.45, 7) is 4.93. The van der Waals surface area contributed by atoms with Crippen LogP contribution in [-0.2, 0) is 11.2 Å². The number of methoxy groups -OCH3 is 2.